The van der Waals surface area contributed by atoms with E-state index in [9.17, 15) is 4.39 Å². The summed E-state index contributed by atoms with van der Waals surface area (Å²) in [7, 11) is 0. The molecule has 2 aliphatic rings. The standard InChI is InChI=1S/C15H21FN2S/c16-11-1-5-15(6-2-11)19-8-7-18-13-3-4-14(18)10-12(17)9-13/h1-2,5-6,12-14H,3-4,7-10,17H2. The molecular formula is C15H21FN2S. The van der Waals surface area contributed by atoms with Crippen LogP contribution in [0.5, 0.6) is 0 Å². The van der Waals surface area contributed by atoms with E-state index < -0.39 is 0 Å². The van der Waals surface area contributed by atoms with E-state index in [2.05, 4.69) is 4.90 Å². The monoisotopic (exact) mass is 280 g/mol. The normalized spacial score (nSPS) is 30.7. The van der Waals surface area contributed by atoms with Gasteiger partial charge in [-0.1, -0.05) is 0 Å². The Hall–Kier alpha value is -0.580. The fourth-order valence-electron chi connectivity index (χ4n) is 3.48. The van der Waals surface area contributed by atoms with Crippen molar-refractivity contribution in [3.63, 3.8) is 0 Å². The lowest BCUT2D eigenvalue weighted by atomic mass is 9.98. The van der Waals surface area contributed by atoms with Crippen molar-refractivity contribution in [3.05, 3.63) is 30.1 Å². The molecular weight excluding hydrogens is 259 g/mol. The number of benzene rings is 1. The van der Waals surface area contributed by atoms with Crippen molar-refractivity contribution in [2.24, 2.45) is 5.73 Å². The van der Waals surface area contributed by atoms with Crippen LogP contribution in [0.25, 0.3) is 0 Å². The van der Waals surface area contributed by atoms with E-state index in [0.29, 0.717) is 18.1 Å². The first kappa shape index (κ1) is 13.4. The highest BCUT2D eigenvalue weighted by Crippen LogP contribution is 2.35. The van der Waals surface area contributed by atoms with Gasteiger partial charge >= 0.3 is 0 Å². The Kier molecular flexibility index (Phi) is 4.10. The van der Waals surface area contributed by atoms with Crippen molar-refractivity contribution in [3.8, 4) is 0 Å². The molecule has 2 aliphatic heterocycles. The van der Waals surface area contributed by atoms with Crippen molar-refractivity contribution >= 4 is 11.8 Å². The average molecular weight is 280 g/mol. The Labute approximate surface area is 118 Å². The Bertz CT molecular complexity index is 409. The summed E-state index contributed by atoms with van der Waals surface area (Å²) in [4.78, 5) is 3.81. The van der Waals surface area contributed by atoms with Crippen LogP contribution in [0.2, 0.25) is 0 Å². The Morgan fingerprint density at radius 3 is 2.42 bits per heavy atom. The van der Waals surface area contributed by atoms with Crippen LogP contribution >= 0.6 is 11.8 Å². The highest BCUT2D eigenvalue weighted by molar-refractivity contribution is 7.99. The van der Waals surface area contributed by atoms with Crippen LogP contribution in [0.15, 0.2) is 29.2 Å². The minimum Gasteiger partial charge on any atom is -0.328 e. The summed E-state index contributed by atoms with van der Waals surface area (Å²) in [6.07, 6.45) is 4.97. The molecule has 2 unspecified atom stereocenters. The Balaban J connectivity index is 1.49. The van der Waals surface area contributed by atoms with Gasteiger partial charge in [0.2, 0.25) is 0 Å². The third-order valence-corrected chi connectivity index (χ3v) is 5.34. The first-order valence-electron chi connectivity index (χ1n) is 7.12. The third-order valence-electron chi connectivity index (χ3n) is 4.35. The number of nitrogens with zero attached hydrogens (tertiary/aromatic N) is 1. The molecule has 1 aromatic rings. The smallest absolute Gasteiger partial charge is 0.123 e. The minimum absolute atomic E-state index is 0.160. The highest BCUT2D eigenvalue weighted by atomic mass is 32.2. The molecule has 0 aliphatic carbocycles. The summed E-state index contributed by atoms with van der Waals surface area (Å²) in [6.45, 7) is 1.13. The summed E-state index contributed by atoms with van der Waals surface area (Å²) in [5.41, 5.74) is 6.08. The fourth-order valence-corrected chi connectivity index (χ4v) is 4.35. The molecule has 2 heterocycles. The van der Waals surface area contributed by atoms with Gasteiger partial charge in [0, 0.05) is 35.3 Å². The fraction of sp³-hybridized carbons (Fsp3) is 0.600. The van der Waals surface area contributed by atoms with Gasteiger partial charge in [-0.05, 0) is 49.9 Å². The number of fused-ring (bicyclic) bond motifs is 2. The molecule has 2 bridgehead atoms. The van der Waals surface area contributed by atoms with E-state index in [1.165, 1.54) is 25.0 Å². The molecule has 0 radical (unpaired) electrons. The molecule has 4 heteroatoms. The van der Waals surface area contributed by atoms with Crippen LogP contribution < -0.4 is 5.73 Å². The largest absolute Gasteiger partial charge is 0.328 e. The van der Waals surface area contributed by atoms with Crippen LogP contribution in [0.1, 0.15) is 25.7 Å². The summed E-state index contributed by atoms with van der Waals surface area (Å²) < 4.78 is 12.8. The van der Waals surface area contributed by atoms with E-state index in [4.69, 9.17) is 5.73 Å². The average Bonchev–Trinajstić information content (AvgIpc) is 2.64. The predicted molar refractivity (Wildman–Crippen MR) is 77.8 cm³/mol. The minimum atomic E-state index is -0.160. The molecule has 0 amide bonds. The topological polar surface area (TPSA) is 29.3 Å². The van der Waals surface area contributed by atoms with Crippen molar-refractivity contribution in [2.75, 3.05) is 12.3 Å². The number of hydrogen-bond donors (Lipinski definition) is 1. The zero-order chi connectivity index (χ0) is 13.2. The second kappa shape index (κ2) is 5.81. The summed E-state index contributed by atoms with van der Waals surface area (Å²) in [5.74, 6) is 0.917. The molecule has 2 atom stereocenters. The molecule has 2 saturated heterocycles. The summed E-state index contributed by atoms with van der Waals surface area (Å²) in [5, 5.41) is 0. The molecule has 104 valence electrons. The molecule has 3 rings (SSSR count). The molecule has 19 heavy (non-hydrogen) atoms. The van der Waals surface area contributed by atoms with Gasteiger partial charge in [-0.2, -0.15) is 0 Å². The van der Waals surface area contributed by atoms with Gasteiger partial charge in [-0.15, -0.1) is 11.8 Å². The van der Waals surface area contributed by atoms with Gasteiger partial charge in [0.05, 0.1) is 0 Å². The molecule has 2 nitrogen and oxygen atoms in total. The first-order valence-corrected chi connectivity index (χ1v) is 8.10. The molecule has 1 aromatic carbocycles. The maximum atomic E-state index is 12.8. The summed E-state index contributed by atoms with van der Waals surface area (Å²) >= 11 is 1.82. The van der Waals surface area contributed by atoms with Gasteiger partial charge < -0.3 is 5.73 Å². The van der Waals surface area contributed by atoms with Crippen molar-refractivity contribution < 1.29 is 4.39 Å². The number of halogens is 1. The number of nitrogens with two attached hydrogens (primary N) is 1. The number of hydrogen-bond acceptors (Lipinski definition) is 3. The SMILES string of the molecule is NC1CC2CCC(C1)N2CCSc1ccc(F)cc1. The molecule has 0 spiro atoms. The van der Waals surface area contributed by atoms with E-state index in [-0.39, 0.29) is 5.82 Å². The molecule has 2 fully saturated rings. The van der Waals surface area contributed by atoms with Crippen molar-refractivity contribution in [1.82, 2.24) is 4.90 Å². The number of rotatable bonds is 4. The number of thioether (sulfide) groups is 1. The second-order valence-electron chi connectivity index (χ2n) is 5.66. The summed E-state index contributed by atoms with van der Waals surface area (Å²) in [6, 6.07) is 8.63. The van der Waals surface area contributed by atoms with E-state index in [0.717, 1.165) is 30.0 Å². The zero-order valence-corrected chi connectivity index (χ0v) is 11.9. The first-order chi connectivity index (χ1) is 9.22. The molecule has 0 saturated carbocycles. The van der Waals surface area contributed by atoms with Crippen molar-refractivity contribution in [2.45, 2.75) is 48.7 Å². The van der Waals surface area contributed by atoms with E-state index >= 15 is 0 Å². The van der Waals surface area contributed by atoms with Gasteiger partial charge in [0.25, 0.3) is 0 Å². The third kappa shape index (κ3) is 3.12. The molecule has 2 N–H and O–H groups in total. The van der Waals surface area contributed by atoms with Crippen LogP contribution in [0.4, 0.5) is 4.39 Å². The van der Waals surface area contributed by atoms with Gasteiger partial charge in [-0.25, -0.2) is 4.39 Å². The van der Waals surface area contributed by atoms with E-state index in [1.807, 2.05) is 23.9 Å². The maximum absolute atomic E-state index is 12.8. The maximum Gasteiger partial charge on any atom is 0.123 e. The second-order valence-corrected chi connectivity index (χ2v) is 6.83. The van der Waals surface area contributed by atoms with Gasteiger partial charge in [0.1, 0.15) is 5.82 Å². The lowest BCUT2D eigenvalue weighted by molar-refractivity contribution is 0.137. The zero-order valence-electron chi connectivity index (χ0n) is 11.1. The molecule has 0 aromatic heterocycles. The lowest BCUT2D eigenvalue weighted by Crippen LogP contribution is -2.48. The van der Waals surface area contributed by atoms with E-state index in [1.54, 1.807) is 0 Å². The van der Waals surface area contributed by atoms with Crippen LogP contribution in [0, 0.1) is 5.82 Å². The lowest BCUT2D eigenvalue weighted by Gasteiger charge is -2.37. The van der Waals surface area contributed by atoms with Crippen LogP contribution in [-0.2, 0) is 0 Å². The van der Waals surface area contributed by atoms with Crippen LogP contribution in [-0.4, -0.2) is 35.3 Å². The van der Waals surface area contributed by atoms with Gasteiger partial charge in [-0.3, -0.25) is 4.90 Å². The van der Waals surface area contributed by atoms with Gasteiger partial charge in [0.15, 0.2) is 0 Å². The Morgan fingerprint density at radius 1 is 1.16 bits per heavy atom. The van der Waals surface area contributed by atoms with Crippen molar-refractivity contribution in [1.29, 1.82) is 0 Å². The predicted octanol–water partition coefficient (Wildman–Crippen LogP) is 2.87. The quantitative estimate of drug-likeness (QED) is 0.860. The Morgan fingerprint density at radius 2 is 1.79 bits per heavy atom. The number of piperidine rings is 1. The highest BCUT2D eigenvalue weighted by Gasteiger charge is 2.38. The van der Waals surface area contributed by atoms with Crippen LogP contribution in [0.3, 0.4) is 0 Å².